The van der Waals surface area contributed by atoms with Gasteiger partial charge in [-0.1, -0.05) is 12.5 Å². The maximum absolute atomic E-state index is 4.21. The molecular weight excluding hydrogens is 140 g/mol. The highest BCUT2D eigenvalue weighted by Crippen LogP contribution is 1.96. The third kappa shape index (κ3) is 6.92. The van der Waals surface area contributed by atoms with Crippen molar-refractivity contribution in [2.24, 2.45) is 0 Å². The Labute approximate surface area is 58.4 Å². The molecule has 0 aromatic heterocycles. The highest BCUT2D eigenvalue weighted by molar-refractivity contribution is 8.06. The lowest BCUT2D eigenvalue weighted by atomic mass is 10.4. The second kappa shape index (κ2) is 6.92. The quantitative estimate of drug-likeness (QED) is 0.337. The molecule has 0 unspecified atom stereocenters. The van der Waals surface area contributed by atoms with Gasteiger partial charge in [0.05, 0.1) is 8.67 Å². The van der Waals surface area contributed by atoms with E-state index in [1.165, 1.54) is 18.9 Å². The predicted molar refractivity (Wildman–Crippen MR) is 45.4 cm³/mol. The molecule has 0 radical (unpaired) electrons. The predicted octanol–water partition coefficient (Wildman–Crippen LogP) is 1.13. The highest BCUT2D eigenvalue weighted by Gasteiger charge is 1.81. The molecule has 0 saturated heterocycles. The SMILES string of the molecule is SCCCC[SiH2]S. The van der Waals surface area contributed by atoms with Crippen LogP contribution in [0, 0.1) is 0 Å². The second-order valence-electron chi connectivity index (χ2n) is 1.51. The van der Waals surface area contributed by atoms with Crippen molar-refractivity contribution in [3.63, 3.8) is 0 Å². The molecule has 7 heavy (non-hydrogen) atoms. The van der Waals surface area contributed by atoms with Crippen LogP contribution in [0.1, 0.15) is 12.8 Å². The van der Waals surface area contributed by atoms with Gasteiger partial charge in [-0.05, 0) is 12.2 Å². The van der Waals surface area contributed by atoms with Crippen molar-refractivity contribution in [2.45, 2.75) is 18.9 Å². The molecule has 0 atom stereocenters. The van der Waals surface area contributed by atoms with E-state index in [9.17, 15) is 0 Å². The van der Waals surface area contributed by atoms with E-state index >= 15 is 0 Å². The van der Waals surface area contributed by atoms with E-state index in [4.69, 9.17) is 0 Å². The number of hydrogen-bond acceptors (Lipinski definition) is 2. The third-order valence-electron chi connectivity index (χ3n) is 0.816. The van der Waals surface area contributed by atoms with Crippen molar-refractivity contribution in [2.75, 3.05) is 5.75 Å². The lowest BCUT2D eigenvalue weighted by molar-refractivity contribution is 0.896. The summed E-state index contributed by atoms with van der Waals surface area (Å²) in [4.78, 5) is 0. The molecule has 0 aromatic carbocycles. The number of thiol groups is 2. The lowest BCUT2D eigenvalue weighted by Crippen LogP contribution is -1.79. The van der Waals surface area contributed by atoms with Crippen LogP contribution in [0.4, 0.5) is 0 Å². The molecule has 0 spiro atoms. The maximum Gasteiger partial charge on any atom is 0.0813 e. The fourth-order valence-corrected chi connectivity index (χ4v) is 1.87. The van der Waals surface area contributed by atoms with Gasteiger partial charge in [-0.3, -0.25) is 0 Å². The van der Waals surface area contributed by atoms with Gasteiger partial charge >= 0.3 is 0 Å². The molecule has 0 fully saturated rings. The normalized spacial score (nSPS) is 11.1. The third-order valence-corrected chi connectivity index (χ3v) is 2.90. The van der Waals surface area contributed by atoms with E-state index in [1.54, 1.807) is 0 Å². The van der Waals surface area contributed by atoms with Crippen LogP contribution in [0.5, 0.6) is 0 Å². The van der Waals surface area contributed by atoms with E-state index in [0.29, 0.717) is 0 Å². The average Bonchev–Trinajstić information content (AvgIpc) is 1.69. The Morgan fingerprint density at radius 3 is 2.43 bits per heavy atom. The van der Waals surface area contributed by atoms with Crippen molar-refractivity contribution in [1.82, 2.24) is 0 Å². The van der Waals surface area contributed by atoms with Crippen molar-refractivity contribution in [3.8, 4) is 0 Å². The first-order chi connectivity index (χ1) is 3.41. The molecule has 0 N–H and O–H groups in total. The van der Waals surface area contributed by atoms with Crippen molar-refractivity contribution < 1.29 is 0 Å². The van der Waals surface area contributed by atoms with Gasteiger partial charge in [0.15, 0.2) is 0 Å². The summed E-state index contributed by atoms with van der Waals surface area (Å²) in [7, 11) is 0.0542. The van der Waals surface area contributed by atoms with Crippen molar-refractivity contribution >= 4 is 33.4 Å². The summed E-state index contributed by atoms with van der Waals surface area (Å²) in [5, 5.41) is 0. The standard InChI is InChI=1S/C4H12S2Si/c5-3-1-2-4-7-6/h5-6H,1-4,7H2. The van der Waals surface area contributed by atoms with E-state index in [0.717, 1.165) is 5.75 Å². The van der Waals surface area contributed by atoms with Crippen molar-refractivity contribution in [1.29, 1.82) is 0 Å². The minimum atomic E-state index is 0.0542. The Morgan fingerprint density at radius 1 is 1.29 bits per heavy atom. The monoisotopic (exact) mass is 152 g/mol. The van der Waals surface area contributed by atoms with Crippen LogP contribution in [0.15, 0.2) is 0 Å². The molecule has 44 valence electrons. The molecule has 0 nitrogen and oxygen atoms in total. The topological polar surface area (TPSA) is 0 Å². The summed E-state index contributed by atoms with van der Waals surface area (Å²) in [6, 6.07) is 1.38. The number of rotatable bonds is 4. The van der Waals surface area contributed by atoms with Crippen LogP contribution in [0.25, 0.3) is 0 Å². The van der Waals surface area contributed by atoms with Gasteiger partial charge in [0, 0.05) is 0 Å². The van der Waals surface area contributed by atoms with Gasteiger partial charge in [0.25, 0.3) is 0 Å². The molecule has 0 rings (SSSR count). The fraction of sp³-hybridized carbons (Fsp3) is 1.00. The summed E-state index contributed by atoms with van der Waals surface area (Å²) in [5.41, 5.74) is 0. The Morgan fingerprint density at radius 2 is 2.00 bits per heavy atom. The summed E-state index contributed by atoms with van der Waals surface area (Å²) in [6.45, 7) is 0. The second-order valence-corrected chi connectivity index (χ2v) is 4.45. The maximum atomic E-state index is 4.21. The van der Waals surface area contributed by atoms with E-state index < -0.39 is 0 Å². The van der Waals surface area contributed by atoms with E-state index in [1.807, 2.05) is 0 Å². The molecule has 0 saturated carbocycles. The zero-order valence-corrected chi connectivity index (χ0v) is 7.63. The molecule has 0 bridgehead atoms. The van der Waals surface area contributed by atoms with Crippen LogP contribution in [-0.4, -0.2) is 14.4 Å². The Balaban J connectivity index is 2.45. The van der Waals surface area contributed by atoms with Gasteiger partial charge in [-0.25, -0.2) is 12.1 Å². The number of hydrogen-bond donors (Lipinski definition) is 2. The molecule has 0 aromatic rings. The Bertz CT molecular complexity index is 28.9. The van der Waals surface area contributed by atoms with Crippen LogP contribution in [0.2, 0.25) is 6.04 Å². The smallest absolute Gasteiger partial charge is 0.0813 e. The summed E-state index contributed by atoms with van der Waals surface area (Å²) in [6.07, 6.45) is 2.62. The van der Waals surface area contributed by atoms with Gasteiger partial charge < -0.3 is 0 Å². The first-order valence-electron chi connectivity index (χ1n) is 2.63. The Hall–Kier alpha value is 0.917. The molecule has 0 aliphatic rings. The largest absolute Gasteiger partial charge is 0.210 e. The zero-order valence-electron chi connectivity index (χ0n) is 4.43. The minimum absolute atomic E-state index is 0.0542. The average molecular weight is 152 g/mol. The van der Waals surface area contributed by atoms with E-state index in [2.05, 4.69) is 24.7 Å². The van der Waals surface area contributed by atoms with E-state index in [-0.39, 0.29) is 8.67 Å². The van der Waals surface area contributed by atoms with Gasteiger partial charge in [0.2, 0.25) is 0 Å². The summed E-state index contributed by atoms with van der Waals surface area (Å²) < 4.78 is 0. The Kier molecular flexibility index (Phi) is 7.82. The molecule has 0 heterocycles. The molecule has 0 aliphatic heterocycles. The lowest BCUT2D eigenvalue weighted by Gasteiger charge is -1.89. The van der Waals surface area contributed by atoms with Gasteiger partial charge in [-0.2, -0.15) is 12.6 Å². The minimum Gasteiger partial charge on any atom is -0.210 e. The van der Waals surface area contributed by atoms with Crippen molar-refractivity contribution in [3.05, 3.63) is 0 Å². The zero-order chi connectivity index (χ0) is 5.54. The van der Waals surface area contributed by atoms with Crippen LogP contribution < -0.4 is 0 Å². The number of unbranched alkanes of at least 4 members (excludes halogenated alkanes) is 1. The van der Waals surface area contributed by atoms with Gasteiger partial charge in [-0.15, -0.1) is 0 Å². The van der Waals surface area contributed by atoms with Gasteiger partial charge in [0.1, 0.15) is 0 Å². The fourth-order valence-electron chi connectivity index (χ4n) is 0.400. The van der Waals surface area contributed by atoms with Crippen LogP contribution in [-0.2, 0) is 0 Å². The first-order valence-corrected chi connectivity index (χ1v) is 6.79. The highest BCUT2D eigenvalue weighted by atomic mass is 32.3. The molecule has 3 heteroatoms. The molecule has 0 aliphatic carbocycles. The summed E-state index contributed by atoms with van der Waals surface area (Å²) >= 11 is 8.29. The summed E-state index contributed by atoms with van der Waals surface area (Å²) in [5.74, 6) is 1.04. The first kappa shape index (κ1) is 7.92. The molecule has 0 amide bonds. The van der Waals surface area contributed by atoms with Crippen LogP contribution >= 0.6 is 24.7 Å². The molecular formula is C4H12S2Si. The van der Waals surface area contributed by atoms with Crippen LogP contribution in [0.3, 0.4) is 0 Å².